The third kappa shape index (κ3) is 5.03. The molecule has 10 heteroatoms. The molecule has 3 heterocycles. The topological polar surface area (TPSA) is 85.0 Å². The van der Waals surface area contributed by atoms with E-state index >= 15 is 0 Å². The smallest absolute Gasteiger partial charge is 0.256 e. The zero-order valence-corrected chi connectivity index (χ0v) is 22.0. The van der Waals surface area contributed by atoms with Crippen LogP contribution >= 0.6 is 39.3 Å². The lowest BCUT2D eigenvalue weighted by Crippen LogP contribution is -2.31. The summed E-state index contributed by atoms with van der Waals surface area (Å²) in [6.45, 7) is 3.83. The summed E-state index contributed by atoms with van der Waals surface area (Å²) in [5.74, 6) is 1.48. The molecule has 0 saturated carbocycles. The summed E-state index contributed by atoms with van der Waals surface area (Å²) < 4.78 is 8.15. The highest BCUT2D eigenvalue weighted by molar-refractivity contribution is 9.10. The van der Waals surface area contributed by atoms with Crippen LogP contribution in [-0.2, 0) is 10.5 Å². The van der Waals surface area contributed by atoms with E-state index < -0.39 is 6.04 Å². The van der Waals surface area contributed by atoms with Crippen LogP contribution in [0.15, 0.2) is 86.2 Å². The van der Waals surface area contributed by atoms with E-state index in [-0.39, 0.29) is 5.91 Å². The van der Waals surface area contributed by atoms with Crippen LogP contribution in [-0.4, -0.2) is 20.7 Å². The van der Waals surface area contributed by atoms with Gasteiger partial charge in [0, 0.05) is 22.2 Å². The number of nitrogens with one attached hydrogen (secondary N) is 2. The second kappa shape index (κ2) is 9.93. The Morgan fingerprint density at radius 2 is 2.03 bits per heavy atom. The lowest BCUT2D eigenvalue weighted by atomic mass is 10.00. The van der Waals surface area contributed by atoms with Crippen LogP contribution in [0.3, 0.4) is 0 Å². The Kier molecular flexibility index (Phi) is 6.73. The second-order valence-corrected chi connectivity index (χ2v) is 10.2. The van der Waals surface area contributed by atoms with Crippen molar-refractivity contribution in [3.63, 3.8) is 0 Å². The Bertz CT molecular complexity index is 1450. The molecule has 1 aliphatic heterocycles. The highest BCUT2D eigenvalue weighted by atomic mass is 79.9. The van der Waals surface area contributed by atoms with Crippen molar-refractivity contribution in [2.45, 2.75) is 30.8 Å². The number of benzene rings is 2. The zero-order valence-electron chi connectivity index (χ0n) is 18.9. The van der Waals surface area contributed by atoms with Crippen molar-refractivity contribution in [3.05, 3.63) is 98.5 Å². The van der Waals surface area contributed by atoms with Crippen LogP contribution in [0.2, 0.25) is 5.02 Å². The molecule has 2 aromatic heterocycles. The second-order valence-electron chi connectivity index (χ2n) is 8.07. The number of allylic oxidation sites excluding steroid dienone is 1. The number of hydrogen-bond donors (Lipinski definition) is 2. The molecule has 0 saturated heterocycles. The van der Waals surface area contributed by atoms with E-state index in [9.17, 15) is 4.79 Å². The van der Waals surface area contributed by atoms with Crippen LogP contribution in [0.5, 0.6) is 0 Å². The number of amides is 1. The quantitative estimate of drug-likeness (QED) is 0.248. The summed E-state index contributed by atoms with van der Waals surface area (Å²) >= 11 is 11.2. The van der Waals surface area contributed by atoms with Gasteiger partial charge in [-0.25, -0.2) is 4.68 Å². The fourth-order valence-corrected chi connectivity index (χ4v) is 5.34. The number of carbonyl (C=O) groups is 1. The number of furan rings is 1. The molecule has 7 nitrogen and oxygen atoms in total. The molecule has 1 unspecified atom stereocenters. The van der Waals surface area contributed by atoms with E-state index in [0.29, 0.717) is 43.6 Å². The van der Waals surface area contributed by atoms with Gasteiger partial charge < -0.3 is 15.1 Å². The van der Waals surface area contributed by atoms with Gasteiger partial charge in [0.15, 0.2) is 4.67 Å². The first-order valence-corrected chi connectivity index (χ1v) is 13.0. The van der Waals surface area contributed by atoms with Crippen LogP contribution in [0.25, 0.3) is 0 Å². The average Bonchev–Trinajstić information content (AvgIpc) is 3.43. The Balaban J connectivity index is 1.48. The van der Waals surface area contributed by atoms with E-state index in [2.05, 4.69) is 31.5 Å². The number of carbonyl (C=O) groups excluding carboxylic acids is 1. The maximum Gasteiger partial charge on any atom is 0.256 e. The molecule has 4 aromatic rings. The number of nitrogens with zero attached hydrogens (tertiary/aromatic N) is 3. The molecule has 0 bridgehead atoms. The summed E-state index contributed by atoms with van der Waals surface area (Å²) in [5, 5.41) is 12.2. The van der Waals surface area contributed by atoms with Gasteiger partial charge in [0.1, 0.15) is 11.8 Å². The van der Waals surface area contributed by atoms with Crippen molar-refractivity contribution >= 4 is 56.8 Å². The number of rotatable bonds is 6. The van der Waals surface area contributed by atoms with Gasteiger partial charge in [0.25, 0.3) is 5.91 Å². The normalized spacial score (nSPS) is 15.0. The number of aryl methyl sites for hydroxylation is 1. The van der Waals surface area contributed by atoms with E-state index in [1.165, 1.54) is 11.8 Å². The van der Waals surface area contributed by atoms with Crippen molar-refractivity contribution in [1.29, 1.82) is 0 Å². The Labute approximate surface area is 220 Å². The molecule has 0 spiro atoms. The first-order chi connectivity index (χ1) is 16.9. The minimum atomic E-state index is -0.593. The highest BCUT2D eigenvalue weighted by Crippen LogP contribution is 2.38. The fourth-order valence-electron chi connectivity index (χ4n) is 3.90. The van der Waals surface area contributed by atoms with E-state index in [1.54, 1.807) is 10.7 Å². The number of aromatic nitrogens is 3. The number of halogens is 2. The van der Waals surface area contributed by atoms with Crippen molar-refractivity contribution in [3.8, 4) is 0 Å². The molecule has 1 amide bonds. The van der Waals surface area contributed by atoms with Gasteiger partial charge in [0.05, 0.1) is 5.57 Å². The molecule has 0 radical (unpaired) electrons. The van der Waals surface area contributed by atoms with Gasteiger partial charge in [-0.2, -0.15) is 4.98 Å². The number of anilines is 2. The standard InChI is InChI=1S/C25H21BrClN5O2S/c1-14-6-5-8-17(12-14)29-23(33)21-15(2)28-24-30-25(35-13-16-7-3-4-9-18(16)27)31-32(24)22(21)19-10-11-20(26)34-19/h3-12,22H,13H2,1-2H3,(H,29,33)(H,28,30,31). The lowest BCUT2D eigenvalue weighted by molar-refractivity contribution is -0.113. The van der Waals surface area contributed by atoms with Crippen molar-refractivity contribution in [1.82, 2.24) is 14.8 Å². The fraction of sp³-hybridized carbons (Fsp3) is 0.160. The molecule has 0 fully saturated rings. The molecule has 5 rings (SSSR count). The monoisotopic (exact) mass is 569 g/mol. The number of fused-ring (bicyclic) bond motifs is 1. The van der Waals surface area contributed by atoms with Gasteiger partial charge in [-0.1, -0.05) is 53.7 Å². The molecule has 35 heavy (non-hydrogen) atoms. The summed E-state index contributed by atoms with van der Waals surface area (Å²) in [6, 6.07) is 18.4. The Hall–Kier alpha value is -3.01. The van der Waals surface area contributed by atoms with E-state index in [1.807, 2.05) is 68.4 Å². The van der Waals surface area contributed by atoms with Gasteiger partial charge in [0.2, 0.25) is 11.1 Å². The molecule has 1 aliphatic rings. The minimum Gasteiger partial charge on any atom is -0.452 e. The minimum absolute atomic E-state index is 0.246. The van der Waals surface area contributed by atoms with E-state index in [4.69, 9.17) is 21.1 Å². The summed E-state index contributed by atoms with van der Waals surface area (Å²) in [6.07, 6.45) is 0. The Morgan fingerprint density at radius 1 is 1.20 bits per heavy atom. The molecule has 178 valence electrons. The van der Waals surface area contributed by atoms with Crippen LogP contribution in [0, 0.1) is 6.92 Å². The van der Waals surface area contributed by atoms with Gasteiger partial charge in [-0.15, -0.1) is 5.10 Å². The predicted octanol–water partition coefficient (Wildman–Crippen LogP) is 6.82. The van der Waals surface area contributed by atoms with Crippen molar-refractivity contribution in [2.75, 3.05) is 10.6 Å². The molecular formula is C25H21BrClN5O2S. The summed E-state index contributed by atoms with van der Waals surface area (Å²) in [7, 11) is 0. The molecule has 2 aromatic carbocycles. The average molecular weight is 571 g/mol. The first kappa shape index (κ1) is 23.7. The van der Waals surface area contributed by atoms with Crippen LogP contribution in [0.1, 0.15) is 29.9 Å². The number of hydrogen-bond acceptors (Lipinski definition) is 6. The summed E-state index contributed by atoms with van der Waals surface area (Å²) in [4.78, 5) is 18.2. The third-order valence-corrected chi connectivity index (χ3v) is 7.21. The van der Waals surface area contributed by atoms with Gasteiger partial charge >= 0.3 is 0 Å². The van der Waals surface area contributed by atoms with Crippen molar-refractivity contribution < 1.29 is 9.21 Å². The third-order valence-electron chi connectivity index (χ3n) is 5.53. The summed E-state index contributed by atoms with van der Waals surface area (Å²) in [5.41, 5.74) is 3.94. The van der Waals surface area contributed by atoms with Crippen LogP contribution in [0.4, 0.5) is 11.6 Å². The predicted molar refractivity (Wildman–Crippen MR) is 142 cm³/mol. The van der Waals surface area contributed by atoms with Crippen molar-refractivity contribution in [2.24, 2.45) is 0 Å². The molecular weight excluding hydrogens is 550 g/mol. The zero-order chi connectivity index (χ0) is 24.5. The molecule has 0 aliphatic carbocycles. The first-order valence-electron chi connectivity index (χ1n) is 10.8. The van der Waals surface area contributed by atoms with Gasteiger partial charge in [-0.3, -0.25) is 4.79 Å². The SMILES string of the molecule is CC1=C(C(=O)Nc2cccc(C)c2)C(c2ccc(Br)o2)n2nc(SCc3ccccc3Cl)nc2N1. The largest absolute Gasteiger partial charge is 0.452 e. The maximum atomic E-state index is 13.5. The molecule has 2 N–H and O–H groups in total. The molecule has 1 atom stereocenters. The lowest BCUT2D eigenvalue weighted by Gasteiger charge is -2.27. The Morgan fingerprint density at radius 3 is 2.77 bits per heavy atom. The highest BCUT2D eigenvalue weighted by Gasteiger charge is 2.36. The number of thioether (sulfide) groups is 1. The van der Waals surface area contributed by atoms with E-state index in [0.717, 1.165) is 16.8 Å². The maximum absolute atomic E-state index is 13.5. The van der Waals surface area contributed by atoms with Crippen LogP contribution < -0.4 is 10.6 Å². The van der Waals surface area contributed by atoms with Gasteiger partial charge in [-0.05, 0) is 71.2 Å².